The van der Waals surface area contributed by atoms with Crippen LogP contribution in [0.2, 0.25) is 0 Å². The molecule has 0 aromatic heterocycles. The standard InChI is InChI=1S/C16H23N3O3S/c1-16(2,3)17-15(23)19-18-14(20)9-7-11-6-8-12(21-4)10-13(11)22-5/h6-10H,1-5H3,(H,18,20)(H2,17,19,23)/b9-7+. The van der Waals surface area contributed by atoms with Crippen LogP contribution in [-0.2, 0) is 4.79 Å². The molecule has 0 fully saturated rings. The quantitative estimate of drug-likeness (QED) is 0.443. The van der Waals surface area contributed by atoms with E-state index < -0.39 is 0 Å². The van der Waals surface area contributed by atoms with Crippen LogP contribution in [-0.4, -0.2) is 30.8 Å². The largest absolute Gasteiger partial charge is 0.497 e. The molecule has 1 rings (SSSR count). The van der Waals surface area contributed by atoms with Crippen molar-refractivity contribution in [1.82, 2.24) is 16.2 Å². The highest BCUT2D eigenvalue weighted by molar-refractivity contribution is 7.80. The Morgan fingerprint density at radius 1 is 1.17 bits per heavy atom. The van der Waals surface area contributed by atoms with Gasteiger partial charge in [0, 0.05) is 23.2 Å². The first-order valence-corrected chi connectivity index (χ1v) is 7.44. The number of nitrogens with one attached hydrogen (secondary N) is 3. The van der Waals surface area contributed by atoms with Crippen LogP contribution < -0.4 is 25.6 Å². The maximum atomic E-state index is 11.8. The van der Waals surface area contributed by atoms with Gasteiger partial charge in [-0.05, 0) is 51.2 Å². The fourth-order valence-corrected chi connectivity index (χ4v) is 2.01. The number of thiocarbonyl (C=S) groups is 1. The van der Waals surface area contributed by atoms with Gasteiger partial charge >= 0.3 is 0 Å². The van der Waals surface area contributed by atoms with Gasteiger partial charge in [0.1, 0.15) is 11.5 Å². The van der Waals surface area contributed by atoms with Gasteiger partial charge in [-0.25, -0.2) is 0 Å². The molecule has 0 saturated carbocycles. The molecule has 23 heavy (non-hydrogen) atoms. The van der Waals surface area contributed by atoms with E-state index in [1.807, 2.05) is 20.8 Å². The summed E-state index contributed by atoms with van der Waals surface area (Å²) in [6.45, 7) is 5.91. The number of ether oxygens (including phenoxy) is 2. The van der Waals surface area contributed by atoms with Crippen molar-refractivity contribution in [3.63, 3.8) is 0 Å². The van der Waals surface area contributed by atoms with E-state index in [-0.39, 0.29) is 11.4 Å². The first kappa shape index (κ1) is 18.8. The molecule has 126 valence electrons. The Morgan fingerprint density at radius 2 is 1.87 bits per heavy atom. The van der Waals surface area contributed by atoms with Gasteiger partial charge < -0.3 is 14.8 Å². The van der Waals surface area contributed by atoms with E-state index in [0.29, 0.717) is 16.6 Å². The minimum Gasteiger partial charge on any atom is -0.497 e. The predicted molar refractivity (Wildman–Crippen MR) is 95.3 cm³/mol. The molecule has 0 spiro atoms. The van der Waals surface area contributed by atoms with Crippen molar-refractivity contribution in [3.8, 4) is 11.5 Å². The number of carbonyl (C=O) groups is 1. The maximum Gasteiger partial charge on any atom is 0.262 e. The van der Waals surface area contributed by atoms with E-state index >= 15 is 0 Å². The van der Waals surface area contributed by atoms with Crippen molar-refractivity contribution >= 4 is 29.3 Å². The maximum absolute atomic E-state index is 11.8. The Hall–Kier alpha value is -2.28. The number of carbonyl (C=O) groups excluding carboxylic acids is 1. The molecular weight excluding hydrogens is 314 g/mol. The zero-order chi connectivity index (χ0) is 17.5. The first-order valence-electron chi connectivity index (χ1n) is 7.03. The lowest BCUT2D eigenvalue weighted by Crippen LogP contribution is -2.51. The van der Waals surface area contributed by atoms with Crippen LogP contribution in [0.15, 0.2) is 24.3 Å². The fraction of sp³-hybridized carbons (Fsp3) is 0.375. The molecule has 0 saturated heterocycles. The number of hydrogen-bond acceptors (Lipinski definition) is 4. The van der Waals surface area contributed by atoms with Gasteiger partial charge in [-0.1, -0.05) is 0 Å². The van der Waals surface area contributed by atoms with Gasteiger partial charge in [-0.2, -0.15) is 0 Å². The van der Waals surface area contributed by atoms with Crippen LogP contribution in [0, 0.1) is 0 Å². The Labute approximate surface area is 142 Å². The van der Waals surface area contributed by atoms with Crippen LogP contribution in [0.1, 0.15) is 26.3 Å². The van der Waals surface area contributed by atoms with E-state index in [1.54, 1.807) is 38.5 Å². The third-order valence-electron chi connectivity index (χ3n) is 2.64. The average molecular weight is 337 g/mol. The first-order chi connectivity index (χ1) is 10.7. The molecule has 1 amide bonds. The van der Waals surface area contributed by atoms with Gasteiger partial charge in [0.15, 0.2) is 5.11 Å². The molecule has 0 heterocycles. The van der Waals surface area contributed by atoms with E-state index in [9.17, 15) is 4.79 Å². The predicted octanol–water partition coefficient (Wildman–Crippen LogP) is 2.01. The summed E-state index contributed by atoms with van der Waals surface area (Å²) in [7, 11) is 3.14. The number of rotatable bonds is 4. The highest BCUT2D eigenvalue weighted by atomic mass is 32.1. The summed E-state index contributed by atoms with van der Waals surface area (Å²) in [5, 5.41) is 3.38. The number of hydrogen-bond donors (Lipinski definition) is 3. The summed E-state index contributed by atoms with van der Waals surface area (Å²) < 4.78 is 10.4. The van der Waals surface area contributed by atoms with Crippen LogP contribution in [0.4, 0.5) is 0 Å². The van der Waals surface area contributed by atoms with Crippen LogP contribution in [0.3, 0.4) is 0 Å². The minimum atomic E-state index is -0.332. The molecule has 0 unspecified atom stereocenters. The third kappa shape index (κ3) is 7.01. The normalized spacial score (nSPS) is 11.0. The number of amides is 1. The van der Waals surface area contributed by atoms with Crippen LogP contribution in [0.25, 0.3) is 6.08 Å². The van der Waals surface area contributed by atoms with Crippen molar-refractivity contribution in [2.45, 2.75) is 26.3 Å². The van der Waals surface area contributed by atoms with Gasteiger partial charge in [0.05, 0.1) is 14.2 Å². The Bertz CT molecular complexity index is 595. The molecule has 6 nitrogen and oxygen atoms in total. The minimum absolute atomic E-state index is 0.179. The van der Waals surface area contributed by atoms with E-state index in [2.05, 4.69) is 16.2 Å². The molecule has 1 aromatic rings. The van der Waals surface area contributed by atoms with E-state index in [1.165, 1.54) is 6.08 Å². The number of benzene rings is 1. The summed E-state index contributed by atoms with van der Waals surface area (Å²) in [6, 6.07) is 5.35. The third-order valence-corrected chi connectivity index (χ3v) is 2.85. The summed E-state index contributed by atoms with van der Waals surface area (Å²) in [4.78, 5) is 11.8. The summed E-state index contributed by atoms with van der Waals surface area (Å²) in [5.74, 6) is 0.968. The molecule has 0 bridgehead atoms. The second kappa shape index (κ2) is 8.38. The number of hydrazine groups is 1. The highest BCUT2D eigenvalue weighted by Crippen LogP contribution is 2.25. The van der Waals surface area contributed by atoms with Gasteiger partial charge in [-0.3, -0.25) is 15.6 Å². The molecule has 3 N–H and O–H groups in total. The Kier molecular flexibility index (Phi) is 6.84. The van der Waals surface area contributed by atoms with E-state index in [0.717, 1.165) is 5.56 Å². The van der Waals surface area contributed by atoms with Crippen molar-refractivity contribution in [1.29, 1.82) is 0 Å². The van der Waals surface area contributed by atoms with Gasteiger partial charge in [-0.15, -0.1) is 0 Å². The lowest BCUT2D eigenvalue weighted by atomic mass is 10.1. The molecule has 7 heteroatoms. The molecule has 0 aliphatic carbocycles. The molecule has 0 atom stereocenters. The van der Waals surface area contributed by atoms with Gasteiger partial charge in [0.25, 0.3) is 5.91 Å². The fourth-order valence-electron chi connectivity index (χ4n) is 1.65. The Morgan fingerprint density at radius 3 is 2.43 bits per heavy atom. The van der Waals surface area contributed by atoms with Crippen molar-refractivity contribution in [2.75, 3.05) is 14.2 Å². The second-order valence-corrected chi connectivity index (χ2v) is 6.17. The smallest absolute Gasteiger partial charge is 0.262 e. The van der Waals surface area contributed by atoms with Crippen molar-refractivity contribution in [2.24, 2.45) is 0 Å². The summed E-state index contributed by atoms with van der Waals surface area (Å²) >= 11 is 5.07. The monoisotopic (exact) mass is 337 g/mol. The molecule has 1 aromatic carbocycles. The van der Waals surface area contributed by atoms with Crippen molar-refractivity contribution in [3.05, 3.63) is 29.8 Å². The van der Waals surface area contributed by atoms with Crippen LogP contribution >= 0.6 is 12.2 Å². The lowest BCUT2D eigenvalue weighted by Gasteiger charge is -2.22. The van der Waals surface area contributed by atoms with Gasteiger partial charge in [0.2, 0.25) is 0 Å². The summed E-state index contributed by atoms with van der Waals surface area (Å²) in [6.07, 6.45) is 3.03. The van der Waals surface area contributed by atoms with Crippen molar-refractivity contribution < 1.29 is 14.3 Å². The average Bonchev–Trinajstić information content (AvgIpc) is 2.49. The highest BCUT2D eigenvalue weighted by Gasteiger charge is 2.10. The van der Waals surface area contributed by atoms with Crippen LogP contribution in [0.5, 0.6) is 11.5 Å². The SMILES string of the molecule is COc1ccc(/C=C/C(=O)NNC(=S)NC(C)(C)C)c(OC)c1. The van der Waals surface area contributed by atoms with E-state index in [4.69, 9.17) is 21.7 Å². The molecule has 0 aliphatic heterocycles. The number of methoxy groups -OCH3 is 2. The summed E-state index contributed by atoms with van der Waals surface area (Å²) in [5.41, 5.74) is 5.71. The molecule has 0 radical (unpaired) electrons. The molecular formula is C16H23N3O3S. The lowest BCUT2D eigenvalue weighted by molar-refractivity contribution is -0.117. The zero-order valence-corrected chi connectivity index (χ0v) is 14.8. The second-order valence-electron chi connectivity index (χ2n) is 5.76. The topological polar surface area (TPSA) is 71.6 Å². The molecule has 0 aliphatic rings. The zero-order valence-electron chi connectivity index (χ0n) is 14.0. The Balaban J connectivity index is 2.60.